The Bertz CT molecular complexity index is 396. The molecular weight excluding hydrogens is 217 g/mol. The molecule has 1 aromatic carbocycles. The van der Waals surface area contributed by atoms with E-state index in [1.165, 1.54) is 0 Å². The van der Waals surface area contributed by atoms with Gasteiger partial charge in [-0.25, -0.2) is 9.18 Å². The van der Waals surface area contributed by atoms with Crippen molar-refractivity contribution >= 4 is 5.97 Å². The second-order valence-electron chi connectivity index (χ2n) is 3.33. The molecule has 88 valence electrons. The lowest BCUT2D eigenvalue weighted by Crippen LogP contribution is -2.27. The summed E-state index contributed by atoms with van der Waals surface area (Å²) in [5.41, 5.74) is 4.81. The van der Waals surface area contributed by atoms with Gasteiger partial charge in [0.05, 0.1) is 11.7 Å². The Labute approximate surface area is 90.9 Å². The summed E-state index contributed by atoms with van der Waals surface area (Å²) in [6.07, 6.45) is -2.66. The fraction of sp³-hybridized carbons (Fsp3) is 0.300. The molecule has 1 rings (SSSR count). The van der Waals surface area contributed by atoms with Gasteiger partial charge in [0.1, 0.15) is 11.9 Å². The molecule has 6 heteroatoms. The molecule has 0 aliphatic carbocycles. The van der Waals surface area contributed by atoms with Crippen LogP contribution in [0.3, 0.4) is 0 Å². The third kappa shape index (κ3) is 2.75. The van der Waals surface area contributed by atoms with E-state index < -0.39 is 24.0 Å². The Kier molecular flexibility index (Phi) is 3.94. The monoisotopic (exact) mass is 229 g/mol. The fourth-order valence-corrected chi connectivity index (χ4v) is 1.26. The van der Waals surface area contributed by atoms with Crippen molar-refractivity contribution in [1.29, 1.82) is 0 Å². The van der Waals surface area contributed by atoms with Crippen molar-refractivity contribution < 1.29 is 24.5 Å². The van der Waals surface area contributed by atoms with Gasteiger partial charge in [0, 0.05) is 6.54 Å². The molecule has 0 amide bonds. The fourth-order valence-electron chi connectivity index (χ4n) is 1.26. The zero-order valence-corrected chi connectivity index (χ0v) is 8.30. The van der Waals surface area contributed by atoms with Crippen LogP contribution in [0.2, 0.25) is 0 Å². The first kappa shape index (κ1) is 12.6. The quantitative estimate of drug-likeness (QED) is 0.576. The van der Waals surface area contributed by atoms with Crippen LogP contribution in [0.4, 0.5) is 4.39 Å². The molecule has 0 aliphatic heterocycles. The van der Waals surface area contributed by atoms with Crippen LogP contribution in [-0.2, 0) is 0 Å². The van der Waals surface area contributed by atoms with Crippen LogP contribution >= 0.6 is 0 Å². The van der Waals surface area contributed by atoms with Gasteiger partial charge in [-0.2, -0.15) is 0 Å². The van der Waals surface area contributed by atoms with Gasteiger partial charge in [-0.1, -0.05) is 0 Å². The van der Waals surface area contributed by atoms with Crippen molar-refractivity contribution in [2.24, 2.45) is 5.73 Å². The number of aliphatic hydroxyl groups excluding tert-OH is 2. The highest BCUT2D eigenvalue weighted by Crippen LogP contribution is 2.19. The molecule has 0 aromatic heterocycles. The summed E-state index contributed by atoms with van der Waals surface area (Å²) >= 11 is 0. The van der Waals surface area contributed by atoms with Crippen molar-refractivity contribution in [3.05, 3.63) is 35.1 Å². The Morgan fingerprint density at radius 2 is 2.00 bits per heavy atom. The lowest BCUT2D eigenvalue weighted by atomic mass is 10.0. The second kappa shape index (κ2) is 5.02. The van der Waals surface area contributed by atoms with E-state index in [0.717, 1.165) is 18.2 Å². The largest absolute Gasteiger partial charge is 0.478 e. The number of nitrogens with two attached hydrogens (primary N) is 1. The van der Waals surface area contributed by atoms with E-state index in [-0.39, 0.29) is 17.7 Å². The van der Waals surface area contributed by atoms with Crippen LogP contribution < -0.4 is 5.73 Å². The number of hydrogen-bond acceptors (Lipinski definition) is 4. The van der Waals surface area contributed by atoms with Crippen LogP contribution in [0.25, 0.3) is 0 Å². The van der Waals surface area contributed by atoms with E-state index in [2.05, 4.69) is 0 Å². The van der Waals surface area contributed by atoms with Gasteiger partial charge in [-0.15, -0.1) is 0 Å². The summed E-state index contributed by atoms with van der Waals surface area (Å²) in [6, 6.07) is 2.87. The van der Waals surface area contributed by atoms with Crippen molar-refractivity contribution in [2.75, 3.05) is 6.54 Å². The first-order valence-corrected chi connectivity index (χ1v) is 4.55. The maximum atomic E-state index is 13.0. The number of carboxylic acid groups (broad SMARTS) is 1. The normalized spacial score (nSPS) is 14.5. The predicted octanol–water partition coefficient (Wildman–Crippen LogP) is -0.123. The number of halogens is 1. The van der Waals surface area contributed by atoms with Gasteiger partial charge in [0.2, 0.25) is 0 Å². The molecule has 0 aliphatic rings. The lowest BCUT2D eigenvalue weighted by molar-refractivity contribution is 0.0241. The Morgan fingerprint density at radius 3 is 2.50 bits per heavy atom. The molecule has 0 heterocycles. The van der Waals surface area contributed by atoms with Crippen LogP contribution in [0.5, 0.6) is 0 Å². The highest BCUT2D eigenvalue weighted by Gasteiger charge is 2.19. The first-order chi connectivity index (χ1) is 7.45. The Balaban J connectivity index is 3.09. The van der Waals surface area contributed by atoms with E-state index >= 15 is 0 Å². The highest BCUT2D eigenvalue weighted by atomic mass is 19.1. The van der Waals surface area contributed by atoms with E-state index in [0.29, 0.717) is 0 Å². The minimum Gasteiger partial charge on any atom is -0.478 e. The van der Waals surface area contributed by atoms with Crippen LogP contribution in [-0.4, -0.2) is 33.9 Å². The number of benzene rings is 1. The standard InChI is InChI=1S/C10H12FNO4/c11-7-2-5(9(14)8(13)4-12)1-6(3-7)10(15)16/h1-3,8-9,13-14H,4,12H2,(H,15,16). The van der Waals surface area contributed by atoms with Gasteiger partial charge < -0.3 is 21.1 Å². The third-order valence-corrected chi connectivity index (χ3v) is 2.11. The van der Waals surface area contributed by atoms with E-state index in [1.54, 1.807) is 0 Å². The molecule has 1 aromatic rings. The second-order valence-corrected chi connectivity index (χ2v) is 3.33. The van der Waals surface area contributed by atoms with Crippen LogP contribution in [0, 0.1) is 5.82 Å². The number of carboxylic acids is 1. The smallest absolute Gasteiger partial charge is 0.335 e. The zero-order chi connectivity index (χ0) is 12.3. The molecule has 0 saturated heterocycles. The number of aromatic carboxylic acids is 1. The summed E-state index contributed by atoms with van der Waals surface area (Å²) in [6.45, 7) is -0.208. The number of aliphatic hydroxyl groups is 2. The third-order valence-electron chi connectivity index (χ3n) is 2.11. The van der Waals surface area contributed by atoms with Crippen molar-refractivity contribution in [2.45, 2.75) is 12.2 Å². The number of carbonyl (C=O) groups is 1. The topological polar surface area (TPSA) is 104 Å². The number of rotatable bonds is 4. The average molecular weight is 229 g/mol. The van der Waals surface area contributed by atoms with Crippen LogP contribution in [0.15, 0.2) is 18.2 Å². The number of hydrogen-bond donors (Lipinski definition) is 4. The molecule has 5 N–H and O–H groups in total. The van der Waals surface area contributed by atoms with Gasteiger partial charge in [-0.05, 0) is 23.8 Å². The van der Waals surface area contributed by atoms with Crippen molar-refractivity contribution in [3.63, 3.8) is 0 Å². The average Bonchev–Trinajstić information content (AvgIpc) is 2.26. The molecule has 16 heavy (non-hydrogen) atoms. The molecular formula is C10H12FNO4. The molecule has 5 nitrogen and oxygen atoms in total. The molecule has 0 bridgehead atoms. The first-order valence-electron chi connectivity index (χ1n) is 4.55. The Hall–Kier alpha value is -1.50. The lowest BCUT2D eigenvalue weighted by Gasteiger charge is -2.16. The summed E-state index contributed by atoms with van der Waals surface area (Å²) in [7, 11) is 0. The predicted molar refractivity (Wildman–Crippen MR) is 53.4 cm³/mol. The van der Waals surface area contributed by atoms with Gasteiger partial charge in [0.25, 0.3) is 0 Å². The maximum absolute atomic E-state index is 13.0. The van der Waals surface area contributed by atoms with Gasteiger partial charge in [0.15, 0.2) is 0 Å². The molecule has 2 atom stereocenters. The van der Waals surface area contributed by atoms with E-state index in [4.69, 9.17) is 10.8 Å². The zero-order valence-electron chi connectivity index (χ0n) is 8.30. The summed E-state index contributed by atoms with van der Waals surface area (Å²) < 4.78 is 13.0. The maximum Gasteiger partial charge on any atom is 0.335 e. The summed E-state index contributed by atoms with van der Waals surface area (Å²) in [5.74, 6) is -2.10. The minimum absolute atomic E-state index is 0.0182. The highest BCUT2D eigenvalue weighted by molar-refractivity contribution is 5.87. The molecule has 0 fully saturated rings. The van der Waals surface area contributed by atoms with Gasteiger partial charge >= 0.3 is 5.97 Å². The van der Waals surface area contributed by atoms with Crippen molar-refractivity contribution in [1.82, 2.24) is 0 Å². The van der Waals surface area contributed by atoms with E-state index in [1.807, 2.05) is 0 Å². The van der Waals surface area contributed by atoms with E-state index in [9.17, 15) is 19.4 Å². The van der Waals surface area contributed by atoms with Gasteiger partial charge in [-0.3, -0.25) is 0 Å². The van der Waals surface area contributed by atoms with Crippen LogP contribution in [0.1, 0.15) is 22.0 Å². The molecule has 0 radical (unpaired) electrons. The van der Waals surface area contributed by atoms with Crippen molar-refractivity contribution in [3.8, 4) is 0 Å². The molecule has 2 unspecified atom stereocenters. The molecule has 0 saturated carbocycles. The minimum atomic E-state index is -1.40. The molecule has 0 spiro atoms. The summed E-state index contributed by atoms with van der Waals surface area (Å²) in [4.78, 5) is 10.6. The SMILES string of the molecule is NCC(O)C(O)c1cc(F)cc(C(=O)O)c1. The Morgan fingerprint density at radius 1 is 1.38 bits per heavy atom. The summed E-state index contributed by atoms with van der Waals surface area (Å²) in [5, 5.41) is 27.5.